The van der Waals surface area contributed by atoms with E-state index in [-0.39, 0.29) is 18.0 Å². The fourth-order valence-corrected chi connectivity index (χ4v) is 1.67. The molecule has 0 fully saturated rings. The maximum absolute atomic E-state index is 11.8. The van der Waals surface area contributed by atoms with Crippen LogP contribution in [0.3, 0.4) is 0 Å². The molecular formula is C14H22N2O3. The van der Waals surface area contributed by atoms with Gasteiger partial charge in [-0.1, -0.05) is 6.07 Å². The van der Waals surface area contributed by atoms with Gasteiger partial charge in [0.1, 0.15) is 0 Å². The topological polar surface area (TPSA) is 59.6 Å². The van der Waals surface area contributed by atoms with Gasteiger partial charge in [-0.2, -0.15) is 0 Å². The van der Waals surface area contributed by atoms with Gasteiger partial charge in [0, 0.05) is 0 Å². The molecule has 1 amide bonds. The van der Waals surface area contributed by atoms with Gasteiger partial charge < -0.3 is 20.1 Å². The van der Waals surface area contributed by atoms with Crippen molar-refractivity contribution in [3.8, 4) is 11.5 Å². The molecule has 1 aromatic carbocycles. The van der Waals surface area contributed by atoms with Crippen molar-refractivity contribution in [3.63, 3.8) is 0 Å². The van der Waals surface area contributed by atoms with E-state index in [9.17, 15) is 4.79 Å². The molecule has 0 aliphatic carbocycles. The highest BCUT2D eigenvalue weighted by Gasteiger charge is 2.15. The summed E-state index contributed by atoms with van der Waals surface area (Å²) >= 11 is 0. The number of methoxy groups -OCH3 is 2. The van der Waals surface area contributed by atoms with Crippen LogP contribution in [0.15, 0.2) is 18.2 Å². The number of nitrogens with one attached hydrogen (secondary N) is 2. The Hall–Kier alpha value is -1.75. The van der Waals surface area contributed by atoms with E-state index in [0.29, 0.717) is 11.5 Å². The number of rotatable bonds is 6. The lowest BCUT2D eigenvalue weighted by atomic mass is 10.1. The van der Waals surface area contributed by atoms with Gasteiger partial charge in [0.15, 0.2) is 11.5 Å². The summed E-state index contributed by atoms with van der Waals surface area (Å²) in [6.07, 6.45) is 0. The Morgan fingerprint density at radius 2 is 1.79 bits per heavy atom. The van der Waals surface area contributed by atoms with Crippen LogP contribution < -0.4 is 20.1 Å². The summed E-state index contributed by atoms with van der Waals surface area (Å²) in [5.41, 5.74) is 0.967. The molecule has 0 radical (unpaired) electrons. The number of hydrogen-bond acceptors (Lipinski definition) is 4. The number of hydrogen-bond donors (Lipinski definition) is 2. The molecule has 2 unspecified atom stereocenters. The summed E-state index contributed by atoms with van der Waals surface area (Å²) < 4.78 is 10.4. The van der Waals surface area contributed by atoms with Crippen LogP contribution >= 0.6 is 0 Å². The van der Waals surface area contributed by atoms with E-state index in [1.807, 2.05) is 32.0 Å². The lowest BCUT2D eigenvalue weighted by molar-refractivity contribution is -0.123. The fourth-order valence-electron chi connectivity index (χ4n) is 1.67. The molecule has 106 valence electrons. The molecule has 2 N–H and O–H groups in total. The first-order valence-corrected chi connectivity index (χ1v) is 6.23. The van der Waals surface area contributed by atoms with Gasteiger partial charge in [0.05, 0.1) is 26.3 Å². The third-order valence-electron chi connectivity index (χ3n) is 3.09. The largest absolute Gasteiger partial charge is 0.493 e. The van der Waals surface area contributed by atoms with Crippen LogP contribution in [0.2, 0.25) is 0 Å². The zero-order valence-electron chi connectivity index (χ0n) is 12.1. The Morgan fingerprint density at radius 3 is 2.32 bits per heavy atom. The molecule has 0 aliphatic heterocycles. The first-order chi connectivity index (χ1) is 9.03. The van der Waals surface area contributed by atoms with E-state index < -0.39 is 0 Å². The summed E-state index contributed by atoms with van der Waals surface area (Å²) in [4.78, 5) is 11.8. The third-order valence-corrected chi connectivity index (χ3v) is 3.09. The molecule has 5 heteroatoms. The van der Waals surface area contributed by atoms with E-state index in [1.54, 1.807) is 21.3 Å². The quantitative estimate of drug-likeness (QED) is 0.819. The van der Waals surface area contributed by atoms with E-state index in [0.717, 1.165) is 5.56 Å². The van der Waals surface area contributed by atoms with Crippen molar-refractivity contribution < 1.29 is 14.3 Å². The fraction of sp³-hybridized carbons (Fsp3) is 0.500. The third kappa shape index (κ3) is 3.86. The molecule has 0 saturated carbocycles. The maximum atomic E-state index is 11.8. The predicted molar refractivity (Wildman–Crippen MR) is 74.6 cm³/mol. The summed E-state index contributed by atoms with van der Waals surface area (Å²) in [7, 11) is 4.94. The van der Waals surface area contributed by atoms with Crippen molar-refractivity contribution in [3.05, 3.63) is 23.8 Å². The smallest absolute Gasteiger partial charge is 0.237 e. The van der Waals surface area contributed by atoms with Crippen LogP contribution in [0, 0.1) is 0 Å². The Bertz CT molecular complexity index is 435. The maximum Gasteiger partial charge on any atom is 0.237 e. The number of amides is 1. The molecule has 2 atom stereocenters. The highest BCUT2D eigenvalue weighted by Crippen LogP contribution is 2.29. The van der Waals surface area contributed by atoms with Gasteiger partial charge in [-0.05, 0) is 38.6 Å². The lowest BCUT2D eigenvalue weighted by Crippen LogP contribution is -2.41. The lowest BCUT2D eigenvalue weighted by Gasteiger charge is -2.18. The van der Waals surface area contributed by atoms with Crippen molar-refractivity contribution in [1.82, 2.24) is 10.6 Å². The monoisotopic (exact) mass is 266 g/mol. The van der Waals surface area contributed by atoms with Crippen LogP contribution in [0.1, 0.15) is 25.5 Å². The standard InChI is InChI=1S/C14H22N2O3/c1-9(16-14(17)10(2)15-3)11-6-7-12(18-4)13(8-11)19-5/h6-10,15H,1-5H3,(H,16,17). The van der Waals surface area contributed by atoms with E-state index >= 15 is 0 Å². The van der Waals surface area contributed by atoms with Gasteiger partial charge in [0.25, 0.3) is 0 Å². The molecule has 1 aromatic rings. The normalized spacial score (nSPS) is 13.5. The first-order valence-electron chi connectivity index (χ1n) is 6.23. The Kier molecular flexibility index (Phi) is 5.63. The minimum atomic E-state index is -0.220. The van der Waals surface area contributed by atoms with Gasteiger partial charge in [-0.25, -0.2) is 0 Å². The van der Waals surface area contributed by atoms with E-state index in [2.05, 4.69) is 10.6 Å². The van der Waals surface area contributed by atoms with Crippen LogP contribution in [0.25, 0.3) is 0 Å². The Morgan fingerprint density at radius 1 is 1.16 bits per heavy atom. The van der Waals surface area contributed by atoms with Crippen molar-refractivity contribution >= 4 is 5.91 Å². The Labute approximate surface area is 114 Å². The molecule has 5 nitrogen and oxygen atoms in total. The van der Waals surface area contributed by atoms with E-state index in [4.69, 9.17) is 9.47 Å². The second kappa shape index (κ2) is 6.99. The number of benzene rings is 1. The average Bonchev–Trinajstić information content (AvgIpc) is 2.45. The summed E-state index contributed by atoms with van der Waals surface area (Å²) in [6.45, 7) is 3.75. The van der Waals surface area contributed by atoms with Crippen molar-refractivity contribution in [1.29, 1.82) is 0 Å². The van der Waals surface area contributed by atoms with Gasteiger partial charge in [-0.15, -0.1) is 0 Å². The minimum absolute atomic E-state index is 0.0372. The summed E-state index contributed by atoms with van der Waals surface area (Å²) in [6, 6.07) is 5.30. The van der Waals surface area contributed by atoms with Crippen molar-refractivity contribution in [2.45, 2.75) is 25.9 Å². The van der Waals surface area contributed by atoms with Gasteiger partial charge >= 0.3 is 0 Å². The van der Waals surface area contributed by atoms with Gasteiger partial charge in [-0.3, -0.25) is 4.79 Å². The first kappa shape index (κ1) is 15.3. The second-order valence-electron chi connectivity index (χ2n) is 4.36. The number of carbonyl (C=O) groups is 1. The Balaban J connectivity index is 2.82. The van der Waals surface area contributed by atoms with Gasteiger partial charge in [0.2, 0.25) is 5.91 Å². The van der Waals surface area contributed by atoms with E-state index in [1.165, 1.54) is 0 Å². The molecule has 1 rings (SSSR count). The molecule has 0 saturated heterocycles. The molecule has 0 aromatic heterocycles. The highest BCUT2D eigenvalue weighted by molar-refractivity contribution is 5.81. The molecule has 0 heterocycles. The minimum Gasteiger partial charge on any atom is -0.493 e. The number of ether oxygens (including phenoxy) is 2. The molecule has 0 bridgehead atoms. The zero-order valence-corrected chi connectivity index (χ0v) is 12.1. The molecule has 0 aliphatic rings. The molecule has 19 heavy (non-hydrogen) atoms. The van der Waals surface area contributed by atoms with Crippen molar-refractivity contribution in [2.75, 3.05) is 21.3 Å². The second-order valence-corrected chi connectivity index (χ2v) is 4.36. The molecular weight excluding hydrogens is 244 g/mol. The average molecular weight is 266 g/mol. The SMILES string of the molecule is CNC(C)C(=O)NC(C)c1ccc(OC)c(OC)c1. The number of likely N-dealkylation sites (N-methyl/N-ethyl adjacent to an activating group) is 1. The zero-order chi connectivity index (χ0) is 14.4. The van der Waals surface area contributed by atoms with Crippen LogP contribution in [0.4, 0.5) is 0 Å². The summed E-state index contributed by atoms with van der Waals surface area (Å²) in [5.74, 6) is 1.29. The predicted octanol–water partition coefficient (Wildman–Crippen LogP) is 1.49. The van der Waals surface area contributed by atoms with Crippen LogP contribution in [-0.2, 0) is 4.79 Å². The van der Waals surface area contributed by atoms with Crippen LogP contribution in [0.5, 0.6) is 11.5 Å². The van der Waals surface area contributed by atoms with Crippen LogP contribution in [-0.4, -0.2) is 33.2 Å². The molecule has 0 spiro atoms. The van der Waals surface area contributed by atoms with Crippen molar-refractivity contribution in [2.24, 2.45) is 0 Å². The number of carbonyl (C=O) groups excluding carboxylic acids is 1. The summed E-state index contributed by atoms with van der Waals surface area (Å²) in [5, 5.41) is 5.84. The highest BCUT2D eigenvalue weighted by atomic mass is 16.5.